The van der Waals surface area contributed by atoms with Crippen molar-refractivity contribution in [3.05, 3.63) is 95.1 Å². The Balaban J connectivity index is 1.73. The maximum absolute atomic E-state index is 13.5. The Morgan fingerprint density at radius 1 is 0.704 bits per heavy atom. The quantitative estimate of drug-likeness (QED) is 0.380. The van der Waals surface area contributed by atoms with Gasteiger partial charge in [-0.25, -0.2) is 8.78 Å². The summed E-state index contributed by atoms with van der Waals surface area (Å²) in [5.74, 6) is -1.13. The van der Waals surface area contributed by atoms with Crippen LogP contribution < -0.4 is 0 Å². The molecule has 3 aromatic carbocycles. The van der Waals surface area contributed by atoms with E-state index in [1.54, 1.807) is 0 Å². The van der Waals surface area contributed by atoms with Gasteiger partial charge in [-0.1, -0.05) is 75.2 Å². The van der Waals surface area contributed by atoms with E-state index in [9.17, 15) is 8.78 Å². The molecule has 0 radical (unpaired) electrons. The van der Waals surface area contributed by atoms with Gasteiger partial charge in [0.1, 0.15) is 11.6 Å². The molecule has 0 saturated carbocycles. The van der Waals surface area contributed by atoms with Gasteiger partial charge >= 0.3 is 0 Å². The van der Waals surface area contributed by atoms with Crippen molar-refractivity contribution in [3.63, 3.8) is 0 Å². The van der Waals surface area contributed by atoms with Crippen LogP contribution in [0.3, 0.4) is 0 Å². The molecule has 140 valence electrons. The Morgan fingerprint density at radius 3 is 1.81 bits per heavy atom. The van der Waals surface area contributed by atoms with Crippen LogP contribution in [0.1, 0.15) is 55.7 Å². The van der Waals surface area contributed by atoms with Crippen LogP contribution in [0.25, 0.3) is 11.1 Å². The average Bonchev–Trinajstić information content (AvgIpc) is 2.67. The molecule has 0 amide bonds. The number of rotatable bonds is 7. The summed E-state index contributed by atoms with van der Waals surface area (Å²) in [5, 5.41) is 0. The second kappa shape index (κ2) is 8.94. The van der Waals surface area contributed by atoms with E-state index < -0.39 is 11.6 Å². The Labute approximate surface area is 160 Å². The van der Waals surface area contributed by atoms with Crippen molar-refractivity contribution in [2.75, 3.05) is 0 Å². The normalized spacial score (nSPS) is 12.1. The average molecular weight is 364 g/mol. The number of benzene rings is 3. The lowest BCUT2D eigenvalue weighted by Gasteiger charge is -2.14. The third kappa shape index (κ3) is 5.03. The number of halogens is 2. The van der Waals surface area contributed by atoms with E-state index in [0.29, 0.717) is 5.56 Å². The molecule has 1 atom stereocenters. The minimum Gasteiger partial charge on any atom is -0.207 e. The molecule has 0 nitrogen and oxygen atoms in total. The van der Waals surface area contributed by atoms with E-state index in [4.69, 9.17) is 0 Å². The van der Waals surface area contributed by atoms with Gasteiger partial charge < -0.3 is 0 Å². The first-order valence-electron chi connectivity index (χ1n) is 9.72. The van der Waals surface area contributed by atoms with Crippen molar-refractivity contribution >= 4 is 0 Å². The van der Waals surface area contributed by atoms with Crippen LogP contribution in [0.15, 0.2) is 66.7 Å². The van der Waals surface area contributed by atoms with Crippen LogP contribution in [-0.4, -0.2) is 0 Å². The fourth-order valence-corrected chi connectivity index (χ4v) is 3.42. The highest BCUT2D eigenvalue weighted by Gasteiger charge is 2.11. The Hall–Kier alpha value is -2.48. The zero-order chi connectivity index (χ0) is 19.2. The third-order valence-corrected chi connectivity index (χ3v) is 5.15. The highest BCUT2D eigenvalue weighted by Crippen LogP contribution is 2.28. The molecule has 3 aromatic rings. The number of hydrogen-bond donors (Lipinski definition) is 0. The van der Waals surface area contributed by atoms with E-state index in [-0.39, 0.29) is 5.92 Å². The Morgan fingerprint density at radius 2 is 1.26 bits per heavy atom. The van der Waals surface area contributed by atoms with E-state index in [1.807, 2.05) is 19.1 Å². The standard InChI is InChI=1S/C25H26F2/c1-3-4-5-6-19-7-9-21(10-8-19)22-13-11-20(12-14-22)18(2)23-15-24(26)17-25(27)16-23/h7-18H,3-6H2,1-2H3. The van der Waals surface area contributed by atoms with Gasteiger partial charge in [-0.15, -0.1) is 0 Å². The van der Waals surface area contributed by atoms with Crippen LogP contribution in [0.2, 0.25) is 0 Å². The largest absolute Gasteiger partial charge is 0.207 e. The molecule has 0 fully saturated rings. The summed E-state index contributed by atoms with van der Waals surface area (Å²) in [5.41, 5.74) is 5.41. The van der Waals surface area contributed by atoms with Crippen molar-refractivity contribution in [3.8, 4) is 11.1 Å². The molecule has 0 N–H and O–H groups in total. The van der Waals surface area contributed by atoms with Gasteiger partial charge in [-0.2, -0.15) is 0 Å². The van der Waals surface area contributed by atoms with E-state index in [0.717, 1.165) is 23.6 Å². The van der Waals surface area contributed by atoms with Gasteiger partial charge in [0.05, 0.1) is 0 Å². The summed E-state index contributed by atoms with van der Waals surface area (Å²) in [6.45, 7) is 4.19. The van der Waals surface area contributed by atoms with Gasteiger partial charge in [-0.3, -0.25) is 0 Å². The molecule has 0 saturated heterocycles. The van der Waals surface area contributed by atoms with Crippen molar-refractivity contribution in [1.29, 1.82) is 0 Å². The summed E-state index contributed by atoms with van der Waals surface area (Å²) < 4.78 is 27.0. The van der Waals surface area contributed by atoms with Gasteiger partial charge in [0.25, 0.3) is 0 Å². The summed E-state index contributed by atoms with van der Waals surface area (Å²) in [6, 6.07) is 20.7. The van der Waals surface area contributed by atoms with Crippen molar-refractivity contribution in [1.82, 2.24) is 0 Å². The van der Waals surface area contributed by atoms with Gasteiger partial charge in [-0.05, 0) is 52.8 Å². The molecule has 0 aromatic heterocycles. The fourth-order valence-electron chi connectivity index (χ4n) is 3.42. The van der Waals surface area contributed by atoms with Gasteiger partial charge in [0.15, 0.2) is 0 Å². The fraction of sp³-hybridized carbons (Fsp3) is 0.280. The molecule has 0 bridgehead atoms. The lowest BCUT2D eigenvalue weighted by molar-refractivity contribution is 0.578. The van der Waals surface area contributed by atoms with Crippen molar-refractivity contribution in [2.45, 2.75) is 45.4 Å². The van der Waals surface area contributed by atoms with Crippen LogP contribution in [0.5, 0.6) is 0 Å². The molecule has 0 heterocycles. The number of aryl methyl sites for hydroxylation is 1. The predicted octanol–water partition coefficient (Wildman–Crippen LogP) is 7.52. The van der Waals surface area contributed by atoms with Crippen molar-refractivity contribution < 1.29 is 8.78 Å². The molecular formula is C25H26F2. The summed E-state index contributed by atoms with van der Waals surface area (Å²) in [7, 11) is 0. The first-order chi connectivity index (χ1) is 13.1. The lowest BCUT2D eigenvalue weighted by atomic mass is 9.91. The topological polar surface area (TPSA) is 0 Å². The van der Waals surface area contributed by atoms with E-state index in [1.165, 1.54) is 42.5 Å². The SMILES string of the molecule is CCCCCc1ccc(-c2ccc(C(C)c3cc(F)cc(F)c3)cc2)cc1. The van der Waals surface area contributed by atoms with Crippen LogP contribution in [0.4, 0.5) is 8.78 Å². The highest BCUT2D eigenvalue weighted by atomic mass is 19.1. The molecular weight excluding hydrogens is 338 g/mol. The predicted molar refractivity (Wildman–Crippen MR) is 109 cm³/mol. The molecule has 0 aliphatic heterocycles. The molecule has 2 heteroatoms. The maximum Gasteiger partial charge on any atom is 0.126 e. The molecule has 3 rings (SSSR count). The van der Waals surface area contributed by atoms with Crippen LogP contribution in [0, 0.1) is 11.6 Å². The molecule has 0 aliphatic rings. The first kappa shape index (κ1) is 19.3. The van der Waals surface area contributed by atoms with Crippen LogP contribution >= 0.6 is 0 Å². The maximum atomic E-state index is 13.5. The first-order valence-corrected chi connectivity index (χ1v) is 9.72. The summed E-state index contributed by atoms with van der Waals surface area (Å²) in [4.78, 5) is 0. The minimum atomic E-state index is -0.535. The van der Waals surface area contributed by atoms with Crippen LogP contribution in [-0.2, 0) is 6.42 Å². The lowest BCUT2D eigenvalue weighted by Crippen LogP contribution is -1.98. The zero-order valence-corrected chi connectivity index (χ0v) is 16.0. The highest BCUT2D eigenvalue weighted by molar-refractivity contribution is 5.64. The smallest absolute Gasteiger partial charge is 0.126 e. The molecule has 0 spiro atoms. The third-order valence-electron chi connectivity index (χ3n) is 5.15. The Kier molecular flexibility index (Phi) is 6.39. The monoisotopic (exact) mass is 364 g/mol. The number of hydrogen-bond acceptors (Lipinski definition) is 0. The molecule has 1 unspecified atom stereocenters. The van der Waals surface area contributed by atoms with E-state index >= 15 is 0 Å². The zero-order valence-electron chi connectivity index (χ0n) is 16.0. The molecule has 0 aliphatic carbocycles. The summed E-state index contributed by atoms with van der Waals surface area (Å²) >= 11 is 0. The van der Waals surface area contributed by atoms with Gasteiger partial charge in [0.2, 0.25) is 0 Å². The molecule has 27 heavy (non-hydrogen) atoms. The van der Waals surface area contributed by atoms with Gasteiger partial charge in [0, 0.05) is 12.0 Å². The second-order valence-corrected chi connectivity index (χ2v) is 7.20. The van der Waals surface area contributed by atoms with E-state index in [2.05, 4.69) is 43.3 Å². The number of unbranched alkanes of at least 4 members (excludes halogenated alkanes) is 2. The van der Waals surface area contributed by atoms with Crippen molar-refractivity contribution in [2.24, 2.45) is 0 Å². The minimum absolute atomic E-state index is 0.0646. The second-order valence-electron chi connectivity index (χ2n) is 7.20. The summed E-state index contributed by atoms with van der Waals surface area (Å²) in [6.07, 6.45) is 4.89. The Bertz CT molecular complexity index is 844.